The molecule has 1 aliphatic rings. The summed E-state index contributed by atoms with van der Waals surface area (Å²) in [5, 5.41) is 3.33. The van der Waals surface area contributed by atoms with Crippen LogP contribution in [0.25, 0.3) is 0 Å². The third kappa shape index (κ3) is 3.96. The van der Waals surface area contributed by atoms with E-state index in [1.807, 2.05) is 18.2 Å². The van der Waals surface area contributed by atoms with Gasteiger partial charge in [0, 0.05) is 34.9 Å². The molecule has 1 aliphatic heterocycles. The van der Waals surface area contributed by atoms with Crippen LogP contribution in [0.15, 0.2) is 46.9 Å². The van der Waals surface area contributed by atoms with E-state index in [2.05, 4.69) is 21.2 Å². The quantitative estimate of drug-likeness (QED) is 0.805. The second kappa shape index (κ2) is 7.45. The van der Waals surface area contributed by atoms with Crippen molar-refractivity contribution >= 4 is 50.7 Å². The van der Waals surface area contributed by atoms with Crippen LogP contribution in [0.5, 0.6) is 5.75 Å². The normalized spacial score (nSPS) is 16.8. The average Bonchev–Trinajstić information content (AvgIpc) is 3.00. The van der Waals surface area contributed by atoms with E-state index in [4.69, 9.17) is 16.3 Å². The molecule has 1 N–H and O–H groups in total. The first-order chi connectivity index (χ1) is 12.0. The standard InChI is InChI=1S/C18H16BrClN2O3/c1-25-14-4-2-3-13(9-14)22-10-11(7-17(22)23)18(24)21-12-5-6-15(19)16(20)8-12/h2-6,8-9,11H,7,10H2,1H3,(H,21,24)/t11-/m1/s1. The Kier molecular flexibility index (Phi) is 5.30. The predicted molar refractivity (Wildman–Crippen MR) is 101 cm³/mol. The van der Waals surface area contributed by atoms with Crippen LogP contribution in [-0.2, 0) is 9.59 Å². The van der Waals surface area contributed by atoms with E-state index < -0.39 is 5.92 Å². The molecule has 0 aliphatic carbocycles. The molecule has 5 nitrogen and oxygen atoms in total. The minimum Gasteiger partial charge on any atom is -0.497 e. The van der Waals surface area contributed by atoms with Crippen molar-refractivity contribution in [1.82, 2.24) is 0 Å². The van der Waals surface area contributed by atoms with E-state index in [1.165, 1.54) is 0 Å². The van der Waals surface area contributed by atoms with Crippen molar-refractivity contribution in [3.8, 4) is 5.75 Å². The molecule has 0 bridgehead atoms. The van der Waals surface area contributed by atoms with E-state index >= 15 is 0 Å². The average molecular weight is 424 g/mol. The van der Waals surface area contributed by atoms with Crippen LogP contribution in [0.2, 0.25) is 5.02 Å². The number of methoxy groups -OCH3 is 1. The maximum atomic E-state index is 12.5. The third-order valence-electron chi connectivity index (χ3n) is 4.05. The van der Waals surface area contributed by atoms with Gasteiger partial charge in [0.1, 0.15) is 5.75 Å². The number of nitrogens with one attached hydrogen (secondary N) is 1. The summed E-state index contributed by atoms with van der Waals surface area (Å²) in [5.74, 6) is -0.0248. The zero-order valence-corrected chi connectivity index (χ0v) is 15.8. The van der Waals surface area contributed by atoms with Crippen LogP contribution in [0, 0.1) is 5.92 Å². The fourth-order valence-corrected chi connectivity index (χ4v) is 3.16. The van der Waals surface area contributed by atoms with Gasteiger partial charge in [-0.15, -0.1) is 0 Å². The molecule has 0 saturated carbocycles. The maximum absolute atomic E-state index is 12.5. The molecular weight excluding hydrogens is 408 g/mol. The van der Waals surface area contributed by atoms with Gasteiger partial charge in [-0.05, 0) is 46.3 Å². The first-order valence-electron chi connectivity index (χ1n) is 7.68. The van der Waals surface area contributed by atoms with Crippen molar-refractivity contribution in [2.75, 3.05) is 23.9 Å². The number of anilines is 2. The number of amides is 2. The van der Waals surface area contributed by atoms with Gasteiger partial charge in [0.15, 0.2) is 0 Å². The van der Waals surface area contributed by atoms with Crippen molar-refractivity contribution in [1.29, 1.82) is 0 Å². The van der Waals surface area contributed by atoms with Gasteiger partial charge in [-0.1, -0.05) is 17.7 Å². The number of carbonyl (C=O) groups is 2. The molecule has 0 unspecified atom stereocenters. The van der Waals surface area contributed by atoms with Gasteiger partial charge in [0.05, 0.1) is 18.1 Å². The molecule has 0 aromatic heterocycles. The summed E-state index contributed by atoms with van der Waals surface area (Å²) >= 11 is 9.35. The molecule has 1 atom stereocenters. The summed E-state index contributed by atoms with van der Waals surface area (Å²) in [6, 6.07) is 12.4. The Morgan fingerprint density at radius 2 is 2.12 bits per heavy atom. The van der Waals surface area contributed by atoms with Crippen LogP contribution < -0.4 is 15.0 Å². The highest BCUT2D eigenvalue weighted by molar-refractivity contribution is 9.10. The van der Waals surface area contributed by atoms with E-state index in [9.17, 15) is 9.59 Å². The third-order valence-corrected chi connectivity index (χ3v) is 5.28. The van der Waals surface area contributed by atoms with Crippen LogP contribution in [-0.4, -0.2) is 25.5 Å². The second-order valence-corrected chi connectivity index (χ2v) is 6.99. The largest absolute Gasteiger partial charge is 0.497 e. The van der Waals surface area contributed by atoms with E-state index in [0.717, 1.165) is 10.2 Å². The van der Waals surface area contributed by atoms with Gasteiger partial charge in [-0.3, -0.25) is 9.59 Å². The molecule has 25 heavy (non-hydrogen) atoms. The number of rotatable bonds is 4. The molecule has 2 aromatic rings. The highest BCUT2D eigenvalue weighted by Gasteiger charge is 2.35. The Morgan fingerprint density at radius 1 is 1.32 bits per heavy atom. The van der Waals surface area contributed by atoms with Crippen molar-refractivity contribution in [3.63, 3.8) is 0 Å². The van der Waals surface area contributed by atoms with Gasteiger partial charge in [-0.25, -0.2) is 0 Å². The van der Waals surface area contributed by atoms with Crippen molar-refractivity contribution in [2.24, 2.45) is 5.92 Å². The molecule has 3 rings (SSSR count). The van der Waals surface area contributed by atoms with Gasteiger partial charge in [-0.2, -0.15) is 0 Å². The van der Waals surface area contributed by atoms with Gasteiger partial charge in [0.2, 0.25) is 11.8 Å². The summed E-state index contributed by atoms with van der Waals surface area (Å²) in [4.78, 5) is 26.4. The van der Waals surface area contributed by atoms with Gasteiger partial charge >= 0.3 is 0 Å². The Bertz CT molecular complexity index is 828. The van der Waals surface area contributed by atoms with Crippen molar-refractivity contribution in [3.05, 3.63) is 52.0 Å². The fourth-order valence-electron chi connectivity index (χ4n) is 2.73. The monoisotopic (exact) mass is 422 g/mol. The van der Waals surface area contributed by atoms with Crippen LogP contribution in [0.3, 0.4) is 0 Å². The number of hydrogen-bond acceptors (Lipinski definition) is 3. The summed E-state index contributed by atoms with van der Waals surface area (Å²) in [6.07, 6.45) is 0.174. The van der Waals surface area contributed by atoms with Crippen LogP contribution >= 0.6 is 27.5 Å². The molecule has 0 spiro atoms. The maximum Gasteiger partial charge on any atom is 0.229 e. The van der Waals surface area contributed by atoms with E-state index in [-0.39, 0.29) is 18.2 Å². The molecule has 1 saturated heterocycles. The summed E-state index contributed by atoms with van der Waals surface area (Å²) in [5.41, 5.74) is 1.33. The van der Waals surface area contributed by atoms with E-state index in [0.29, 0.717) is 23.0 Å². The lowest BCUT2D eigenvalue weighted by molar-refractivity contribution is -0.122. The molecule has 2 amide bonds. The topological polar surface area (TPSA) is 58.6 Å². The number of benzene rings is 2. The fraction of sp³-hybridized carbons (Fsp3) is 0.222. The Balaban J connectivity index is 1.70. The molecule has 1 heterocycles. The number of nitrogens with zero attached hydrogens (tertiary/aromatic N) is 1. The molecular formula is C18H16BrClN2O3. The number of hydrogen-bond donors (Lipinski definition) is 1. The number of carbonyl (C=O) groups excluding carboxylic acids is 2. The number of halogens is 2. The first-order valence-corrected chi connectivity index (χ1v) is 8.85. The minimum absolute atomic E-state index is 0.0813. The zero-order chi connectivity index (χ0) is 18.0. The van der Waals surface area contributed by atoms with Crippen LogP contribution in [0.1, 0.15) is 6.42 Å². The summed E-state index contributed by atoms with van der Waals surface area (Å²) < 4.78 is 5.95. The van der Waals surface area contributed by atoms with Crippen LogP contribution in [0.4, 0.5) is 11.4 Å². The Hall–Kier alpha value is -2.05. The minimum atomic E-state index is -0.416. The molecule has 1 fully saturated rings. The highest BCUT2D eigenvalue weighted by atomic mass is 79.9. The second-order valence-electron chi connectivity index (χ2n) is 5.73. The first kappa shape index (κ1) is 17.8. The SMILES string of the molecule is COc1cccc(N2C[C@H](C(=O)Nc3ccc(Br)c(Cl)c3)CC2=O)c1. The lowest BCUT2D eigenvalue weighted by Gasteiger charge is -2.17. The zero-order valence-electron chi connectivity index (χ0n) is 13.5. The number of ether oxygens (including phenoxy) is 1. The van der Waals surface area contributed by atoms with Gasteiger partial charge in [0.25, 0.3) is 0 Å². The Morgan fingerprint density at radius 3 is 2.84 bits per heavy atom. The predicted octanol–water partition coefficient (Wildman–Crippen LogP) is 4.10. The van der Waals surface area contributed by atoms with Crippen molar-refractivity contribution < 1.29 is 14.3 Å². The molecule has 130 valence electrons. The molecule has 2 aromatic carbocycles. The van der Waals surface area contributed by atoms with Crippen molar-refractivity contribution in [2.45, 2.75) is 6.42 Å². The summed E-state index contributed by atoms with van der Waals surface area (Å²) in [6.45, 7) is 0.335. The lowest BCUT2D eigenvalue weighted by atomic mass is 10.1. The lowest BCUT2D eigenvalue weighted by Crippen LogP contribution is -2.28. The molecule has 7 heteroatoms. The molecule has 0 radical (unpaired) electrons. The van der Waals surface area contributed by atoms with Gasteiger partial charge < -0.3 is 15.0 Å². The Labute approximate surface area is 159 Å². The van der Waals surface area contributed by atoms with E-state index in [1.54, 1.807) is 36.3 Å². The highest BCUT2D eigenvalue weighted by Crippen LogP contribution is 2.29. The summed E-state index contributed by atoms with van der Waals surface area (Å²) in [7, 11) is 1.57. The smallest absolute Gasteiger partial charge is 0.229 e.